The molecule has 130 valence electrons. The van der Waals surface area contributed by atoms with E-state index in [1.165, 1.54) is 10.4 Å². The Labute approximate surface area is 151 Å². The molecule has 0 aliphatic rings. The largest absolute Gasteiger partial charge is 0.325 e. The van der Waals surface area contributed by atoms with Gasteiger partial charge in [0, 0.05) is 6.07 Å². The number of hydrogen-bond acceptors (Lipinski definition) is 3. The van der Waals surface area contributed by atoms with Crippen LogP contribution in [0.5, 0.6) is 0 Å². The van der Waals surface area contributed by atoms with Crippen LogP contribution in [0.2, 0.25) is 0 Å². The Morgan fingerprint density at radius 2 is 2.00 bits per heavy atom. The summed E-state index contributed by atoms with van der Waals surface area (Å²) in [6.45, 7) is 5.24. The Hall–Kier alpha value is -2.44. The summed E-state index contributed by atoms with van der Waals surface area (Å²) in [5.74, 6) is 0.692. The lowest BCUT2D eigenvalue weighted by molar-refractivity contribution is -0.884. The minimum absolute atomic E-state index is 0.0117. The third kappa shape index (κ3) is 4.55. The van der Waals surface area contributed by atoms with Crippen molar-refractivity contribution >= 4 is 23.1 Å². The number of benzene rings is 1. The van der Waals surface area contributed by atoms with Gasteiger partial charge in [-0.05, 0) is 37.4 Å². The molecule has 3 rings (SSSR count). The van der Waals surface area contributed by atoms with Gasteiger partial charge in [0.15, 0.2) is 6.54 Å². The molecule has 0 fully saturated rings. The molecule has 1 unspecified atom stereocenters. The topological polar surface area (TPSA) is 51.4 Å². The third-order valence-corrected chi connectivity index (χ3v) is 4.77. The van der Waals surface area contributed by atoms with Crippen molar-refractivity contribution in [1.29, 1.82) is 0 Å². The van der Waals surface area contributed by atoms with Crippen molar-refractivity contribution in [2.75, 3.05) is 18.9 Å². The van der Waals surface area contributed by atoms with Crippen LogP contribution in [0, 0.1) is 13.8 Å². The van der Waals surface area contributed by atoms with Gasteiger partial charge < -0.3 is 10.2 Å². The molecule has 1 atom stereocenters. The molecular weight excluding hydrogens is 332 g/mol. The lowest BCUT2D eigenvalue weighted by Crippen LogP contribution is -3.08. The molecule has 25 heavy (non-hydrogen) atoms. The number of quaternary nitrogens is 1. The summed E-state index contributed by atoms with van der Waals surface area (Å²) in [7, 11) is 2.03. The molecule has 6 heteroatoms. The Balaban J connectivity index is 1.68. The van der Waals surface area contributed by atoms with Crippen molar-refractivity contribution in [3.8, 4) is 5.69 Å². The van der Waals surface area contributed by atoms with E-state index in [1.54, 1.807) is 16.0 Å². The lowest BCUT2D eigenvalue weighted by Gasteiger charge is -2.13. The van der Waals surface area contributed by atoms with E-state index in [9.17, 15) is 4.79 Å². The highest BCUT2D eigenvalue weighted by Crippen LogP contribution is 2.17. The third-order valence-electron chi connectivity index (χ3n) is 3.90. The van der Waals surface area contributed by atoms with Crippen LogP contribution in [0.3, 0.4) is 0 Å². The van der Waals surface area contributed by atoms with Crippen LogP contribution in [0.1, 0.15) is 16.1 Å². The number of nitrogens with zero attached hydrogens (tertiary/aromatic N) is 2. The highest BCUT2D eigenvalue weighted by atomic mass is 32.1. The smallest absolute Gasteiger partial charge is 0.280 e. The standard InChI is InChI=1S/C19H22N4OS/c1-14-6-8-16(9-7-14)23-18(11-15(2)21-23)20-19(24)13-22(3)12-17-5-4-10-25-17/h4-11H,12-13H2,1-3H3,(H,20,24)/p+1. The zero-order chi connectivity index (χ0) is 17.8. The second-order valence-electron chi connectivity index (χ2n) is 6.36. The summed E-state index contributed by atoms with van der Waals surface area (Å²) in [6, 6.07) is 14.1. The van der Waals surface area contributed by atoms with Crippen molar-refractivity contribution in [3.05, 3.63) is 64.0 Å². The number of amides is 1. The van der Waals surface area contributed by atoms with Gasteiger partial charge in [-0.1, -0.05) is 23.8 Å². The molecule has 0 aliphatic carbocycles. The van der Waals surface area contributed by atoms with E-state index < -0.39 is 0 Å². The van der Waals surface area contributed by atoms with Gasteiger partial charge in [0.1, 0.15) is 12.4 Å². The van der Waals surface area contributed by atoms with Crippen LogP contribution < -0.4 is 10.2 Å². The van der Waals surface area contributed by atoms with Crippen LogP contribution in [0.25, 0.3) is 5.69 Å². The zero-order valence-electron chi connectivity index (χ0n) is 14.7. The summed E-state index contributed by atoms with van der Waals surface area (Å²) in [4.78, 5) is 14.9. The Morgan fingerprint density at radius 3 is 2.68 bits per heavy atom. The minimum atomic E-state index is -0.0117. The van der Waals surface area contributed by atoms with E-state index >= 15 is 0 Å². The van der Waals surface area contributed by atoms with Gasteiger partial charge in [-0.3, -0.25) is 4.79 Å². The lowest BCUT2D eigenvalue weighted by atomic mass is 10.2. The van der Waals surface area contributed by atoms with Crippen molar-refractivity contribution in [2.24, 2.45) is 0 Å². The fraction of sp³-hybridized carbons (Fsp3) is 0.263. The van der Waals surface area contributed by atoms with E-state index in [0.29, 0.717) is 12.4 Å². The number of carbonyl (C=O) groups is 1. The maximum Gasteiger partial charge on any atom is 0.280 e. The van der Waals surface area contributed by atoms with E-state index in [0.717, 1.165) is 22.8 Å². The molecule has 5 nitrogen and oxygen atoms in total. The SMILES string of the molecule is Cc1ccc(-n2nc(C)cc2NC(=O)C[NH+](C)Cc2cccs2)cc1. The first-order valence-corrected chi connectivity index (χ1v) is 9.16. The van der Waals surface area contributed by atoms with E-state index in [2.05, 4.69) is 21.9 Å². The number of aromatic nitrogens is 2. The molecule has 0 saturated heterocycles. The van der Waals surface area contributed by atoms with Crippen LogP contribution >= 0.6 is 11.3 Å². The maximum atomic E-state index is 12.4. The van der Waals surface area contributed by atoms with E-state index in [4.69, 9.17) is 0 Å². The van der Waals surface area contributed by atoms with Gasteiger partial charge in [-0.15, -0.1) is 11.3 Å². The molecule has 0 aliphatic heterocycles. The predicted molar refractivity (Wildman–Crippen MR) is 101 cm³/mol. The maximum absolute atomic E-state index is 12.4. The van der Waals surface area contributed by atoms with Crippen molar-refractivity contribution in [1.82, 2.24) is 9.78 Å². The number of carbonyl (C=O) groups excluding carboxylic acids is 1. The van der Waals surface area contributed by atoms with Gasteiger partial charge >= 0.3 is 0 Å². The predicted octanol–water partition coefficient (Wildman–Crippen LogP) is 2.20. The molecule has 1 aromatic carbocycles. The molecule has 0 radical (unpaired) electrons. The second-order valence-corrected chi connectivity index (χ2v) is 7.39. The van der Waals surface area contributed by atoms with Crippen LogP contribution in [-0.2, 0) is 11.3 Å². The second kappa shape index (κ2) is 7.63. The summed E-state index contributed by atoms with van der Waals surface area (Å²) >= 11 is 1.72. The number of hydrogen-bond donors (Lipinski definition) is 2. The van der Waals surface area contributed by atoms with Crippen molar-refractivity contribution in [2.45, 2.75) is 20.4 Å². The Bertz CT molecular complexity index is 837. The number of aryl methyl sites for hydroxylation is 2. The zero-order valence-corrected chi connectivity index (χ0v) is 15.6. The highest BCUT2D eigenvalue weighted by molar-refractivity contribution is 7.09. The van der Waals surface area contributed by atoms with Gasteiger partial charge in [-0.2, -0.15) is 5.10 Å². The normalized spacial score (nSPS) is 12.1. The molecule has 2 heterocycles. The summed E-state index contributed by atoms with van der Waals surface area (Å²) in [5.41, 5.74) is 3.00. The van der Waals surface area contributed by atoms with Gasteiger partial charge in [0.25, 0.3) is 5.91 Å². The fourth-order valence-corrected chi connectivity index (χ4v) is 3.52. The minimum Gasteiger partial charge on any atom is -0.325 e. The first kappa shape index (κ1) is 17.4. The Morgan fingerprint density at radius 1 is 1.24 bits per heavy atom. The quantitative estimate of drug-likeness (QED) is 0.712. The number of anilines is 1. The first-order chi connectivity index (χ1) is 12.0. The number of likely N-dealkylation sites (N-methyl/N-ethyl adjacent to an activating group) is 1. The number of nitrogens with one attached hydrogen (secondary N) is 2. The molecule has 3 aromatic rings. The van der Waals surface area contributed by atoms with E-state index in [-0.39, 0.29) is 5.91 Å². The van der Waals surface area contributed by atoms with E-state index in [1.807, 2.05) is 57.3 Å². The van der Waals surface area contributed by atoms with Crippen LogP contribution in [0.15, 0.2) is 47.8 Å². The van der Waals surface area contributed by atoms with Gasteiger partial charge in [0.05, 0.1) is 23.3 Å². The van der Waals surface area contributed by atoms with Crippen molar-refractivity contribution < 1.29 is 9.69 Å². The Kier molecular flexibility index (Phi) is 5.31. The van der Waals surface area contributed by atoms with Crippen LogP contribution in [-0.4, -0.2) is 29.3 Å². The molecule has 0 spiro atoms. The molecule has 0 bridgehead atoms. The number of rotatable bonds is 6. The monoisotopic (exact) mass is 355 g/mol. The average Bonchev–Trinajstić information content (AvgIpc) is 3.17. The molecule has 1 amide bonds. The molecular formula is C19H23N4OS+. The number of thiophene rings is 1. The van der Waals surface area contributed by atoms with Gasteiger partial charge in [-0.25, -0.2) is 4.68 Å². The molecule has 2 aromatic heterocycles. The molecule has 0 saturated carbocycles. The molecule has 2 N–H and O–H groups in total. The average molecular weight is 355 g/mol. The summed E-state index contributed by atoms with van der Waals surface area (Å²) < 4.78 is 1.78. The fourth-order valence-electron chi connectivity index (χ4n) is 2.71. The first-order valence-electron chi connectivity index (χ1n) is 8.28. The van der Waals surface area contributed by atoms with Crippen molar-refractivity contribution in [3.63, 3.8) is 0 Å². The van der Waals surface area contributed by atoms with Crippen LogP contribution in [0.4, 0.5) is 5.82 Å². The van der Waals surface area contributed by atoms with Gasteiger partial charge in [0.2, 0.25) is 0 Å². The summed E-state index contributed by atoms with van der Waals surface area (Å²) in [5, 5.41) is 9.56. The highest BCUT2D eigenvalue weighted by Gasteiger charge is 2.15. The summed E-state index contributed by atoms with van der Waals surface area (Å²) in [6.07, 6.45) is 0.